The summed E-state index contributed by atoms with van der Waals surface area (Å²) in [5.41, 5.74) is 1.16. The zero-order valence-electron chi connectivity index (χ0n) is 15.3. The maximum atomic E-state index is 12.5. The molecule has 140 valence electrons. The Morgan fingerprint density at radius 3 is 2.54 bits per heavy atom. The molecule has 0 aliphatic carbocycles. The summed E-state index contributed by atoms with van der Waals surface area (Å²) in [7, 11) is 0. The maximum Gasteiger partial charge on any atom is 0.267 e. The molecule has 0 bridgehead atoms. The number of carbonyl (C=O) groups excluding carboxylic acids is 1. The monoisotopic (exact) mass is 373 g/mol. The second kappa shape index (κ2) is 8.60. The molecule has 3 aromatic rings. The minimum Gasteiger partial charge on any atom is -0.507 e. The standard InChI is InChI=1S/C22H19N3O3/c1-2-28-17-11-9-16(10-12-17)24-14-15(13-23)22(27)25-20-7-3-6-19-18(20)5-4-8-21(19)26/h3-12,14,24,26H,2H2,1H3,(H,25,27)/b15-14-. The van der Waals surface area contributed by atoms with Crippen molar-refractivity contribution in [3.63, 3.8) is 0 Å². The minimum absolute atomic E-state index is 0.0777. The van der Waals surface area contributed by atoms with E-state index in [1.165, 1.54) is 6.20 Å². The predicted octanol–water partition coefficient (Wildman–Crippen LogP) is 4.40. The number of carbonyl (C=O) groups is 1. The van der Waals surface area contributed by atoms with Crippen LogP contribution < -0.4 is 15.4 Å². The minimum atomic E-state index is -0.545. The predicted molar refractivity (Wildman–Crippen MR) is 109 cm³/mol. The van der Waals surface area contributed by atoms with Crippen molar-refractivity contribution < 1.29 is 14.6 Å². The fourth-order valence-electron chi connectivity index (χ4n) is 2.71. The van der Waals surface area contributed by atoms with Gasteiger partial charge in [-0.3, -0.25) is 4.79 Å². The maximum absolute atomic E-state index is 12.5. The van der Waals surface area contributed by atoms with Gasteiger partial charge in [0.1, 0.15) is 23.1 Å². The Bertz CT molecular complexity index is 1070. The van der Waals surface area contributed by atoms with E-state index in [2.05, 4.69) is 10.6 Å². The molecule has 3 aromatic carbocycles. The SMILES string of the molecule is CCOc1ccc(N/C=C(/C#N)C(=O)Nc2cccc3c(O)cccc23)cc1. The van der Waals surface area contributed by atoms with Crippen molar-refractivity contribution in [2.75, 3.05) is 17.2 Å². The second-order valence-corrected chi connectivity index (χ2v) is 5.90. The molecule has 0 saturated carbocycles. The molecule has 28 heavy (non-hydrogen) atoms. The van der Waals surface area contributed by atoms with Crippen LogP contribution in [0.2, 0.25) is 0 Å². The molecule has 0 saturated heterocycles. The smallest absolute Gasteiger partial charge is 0.267 e. The summed E-state index contributed by atoms with van der Waals surface area (Å²) in [6, 6.07) is 19.4. The first-order valence-corrected chi connectivity index (χ1v) is 8.74. The third-order valence-corrected chi connectivity index (χ3v) is 4.06. The van der Waals surface area contributed by atoms with Gasteiger partial charge in [0.15, 0.2) is 0 Å². The molecule has 0 aliphatic heterocycles. The van der Waals surface area contributed by atoms with Crippen LogP contribution in [0.1, 0.15) is 6.92 Å². The average Bonchev–Trinajstić information content (AvgIpc) is 2.71. The molecule has 3 rings (SSSR count). The molecular weight excluding hydrogens is 354 g/mol. The van der Waals surface area contributed by atoms with Crippen molar-refractivity contribution in [3.8, 4) is 17.6 Å². The Balaban J connectivity index is 1.76. The number of ether oxygens (including phenoxy) is 1. The lowest BCUT2D eigenvalue weighted by molar-refractivity contribution is -0.112. The van der Waals surface area contributed by atoms with Crippen LogP contribution in [0.4, 0.5) is 11.4 Å². The van der Waals surface area contributed by atoms with Gasteiger partial charge in [0.2, 0.25) is 0 Å². The van der Waals surface area contributed by atoms with Gasteiger partial charge in [-0.2, -0.15) is 5.26 Å². The number of hydrogen-bond acceptors (Lipinski definition) is 5. The summed E-state index contributed by atoms with van der Waals surface area (Å²) in [6.45, 7) is 2.49. The summed E-state index contributed by atoms with van der Waals surface area (Å²) in [4.78, 5) is 12.5. The van der Waals surface area contributed by atoms with E-state index in [1.54, 1.807) is 60.7 Å². The highest BCUT2D eigenvalue weighted by Gasteiger charge is 2.12. The highest BCUT2D eigenvalue weighted by molar-refractivity contribution is 6.11. The lowest BCUT2D eigenvalue weighted by Crippen LogP contribution is -2.14. The summed E-state index contributed by atoms with van der Waals surface area (Å²) in [5, 5.41) is 26.3. The van der Waals surface area contributed by atoms with Gasteiger partial charge in [0.05, 0.1) is 6.61 Å². The van der Waals surface area contributed by atoms with Gasteiger partial charge in [-0.1, -0.05) is 24.3 Å². The number of amides is 1. The molecule has 0 heterocycles. The van der Waals surface area contributed by atoms with Crippen LogP contribution in [0.5, 0.6) is 11.5 Å². The van der Waals surface area contributed by atoms with E-state index in [0.29, 0.717) is 23.1 Å². The van der Waals surface area contributed by atoms with Crippen LogP contribution in [0, 0.1) is 11.3 Å². The zero-order valence-corrected chi connectivity index (χ0v) is 15.3. The fourth-order valence-corrected chi connectivity index (χ4v) is 2.71. The van der Waals surface area contributed by atoms with Gasteiger partial charge in [-0.05, 0) is 43.3 Å². The van der Waals surface area contributed by atoms with Crippen LogP contribution in [-0.2, 0) is 4.79 Å². The van der Waals surface area contributed by atoms with Gasteiger partial charge in [0, 0.05) is 28.3 Å². The summed E-state index contributed by atoms with van der Waals surface area (Å²) < 4.78 is 5.38. The molecule has 0 unspecified atom stereocenters. The van der Waals surface area contributed by atoms with Crippen LogP contribution in [-0.4, -0.2) is 17.6 Å². The lowest BCUT2D eigenvalue weighted by Gasteiger charge is -2.09. The molecule has 1 amide bonds. The number of hydrogen-bond donors (Lipinski definition) is 3. The number of rotatable bonds is 6. The Hall–Kier alpha value is -3.98. The Morgan fingerprint density at radius 1 is 1.11 bits per heavy atom. The number of nitrogens with one attached hydrogen (secondary N) is 2. The van der Waals surface area contributed by atoms with E-state index < -0.39 is 5.91 Å². The van der Waals surface area contributed by atoms with E-state index in [9.17, 15) is 15.2 Å². The number of benzene rings is 3. The lowest BCUT2D eigenvalue weighted by atomic mass is 10.1. The van der Waals surface area contributed by atoms with Gasteiger partial charge >= 0.3 is 0 Å². The normalized spacial score (nSPS) is 10.9. The fraction of sp³-hybridized carbons (Fsp3) is 0.0909. The molecule has 0 fully saturated rings. The zero-order chi connectivity index (χ0) is 19.9. The molecular formula is C22H19N3O3. The molecule has 0 spiro atoms. The van der Waals surface area contributed by atoms with Crippen molar-refractivity contribution in [2.45, 2.75) is 6.92 Å². The van der Waals surface area contributed by atoms with Gasteiger partial charge in [-0.15, -0.1) is 0 Å². The topological polar surface area (TPSA) is 94.4 Å². The highest BCUT2D eigenvalue weighted by Crippen LogP contribution is 2.30. The average molecular weight is 373 g/mol. The largest absolute Gasteiger partial charge is 0.507 e. The van der Waals surface area contributed by atoms with Crippen LogP contribution in [0.25, 0.3) is 10.8 Å². The number of anilines is 2. The summed E-state index contributed by atoms with van der Waals surface area (Å²) in [5.74, 6) is 0.327. The molecule has 0 aliphatic rings. The van der Waals surface area contributed by atoms with E-state index in [4.69, 9.17) is 4.74 Å². The number of nitriles is 1. The molecule has 6 nitrogen and oxygen atoms in total. The Labute approximate surface area is 162 Å². The number of fused-ring (bicyclic) bond motifs is 1. The number of nitrogens with zero attached hydrogens (tertiary/aromatic N) is 1. The second-order valence-electron chi connectivity index (χ2n) is 5.90. The first kappa shape index (κ1) is 18.8. The van der Waals surface area contributed by atoms with Crippen LogP contribution >= 0.6 is 0 Å². The molecule has 6 heteroatoms. The first-order chi connectivity index (χ1) is 13.6. The Morgan fingerprint density at radius 2 is 1.82 bits per heavy atom. The van der Waals surface area contributed by atoms with E-state index in [0.717, 1.165) is 11.4 Å². The van der Waals surface area contributed by atoms with Crippen LogP contribution in [0.15, 0.2) is 72.4 Å². The van der Waals surface area contributed by atoms with Crippen LogP contribution in [0.3, 0.4) is 0 Å². The van der Waals surface area contributed by atoms with E-state index >= 15 is 0 Å². The first-order valence-electron chi connectivity index (χ1n) is 8.74. The van der Waals surface area contributed by atoms with Crippen molar-refractivity contribution in [1.29, 1.82) is 5.26 Å². The summed E-state index contributed by atoms with van der Waals surface area (Å²) >= 11 is 0. The quantitative estimate of drug-likeness (QED) is 0.440. The summed E-state index contributed by atoms with van der Waals surface area (Å²) in [6.07, 6.45) is 1.35. The number of phenolic OH excluding ortho intramolecular Hbond substituents is 1. The molecule has 0 radical (unpaired) electrons. The van der Waals surface area contributed by atoms with Crippen molar-refractivity contribution >= 4 is 28.1 Å². The van der Waals surface area contributed by atoms with Crippen molar-refractivity contribution in [2.24, 2.45) is 0 Å². The molecule has 0 aromatic heterocycles. The van der Waals surface area contributed by atoms with Gasteiger partial charge in [0.25, 0.3) is 5.91 Å². The third kappa shape index (κ3) is 4.22. The Kier molecular flexibility index (Phi) is 5.78. The molecule has 0 atom stereocenters. The van der Waals surface area contributed by atoms with Crippen molar-refractivity contribution in [1.82, 2.24) is 0 Å². The molecule has 3 N–H and O–H groups in total. The third-order valence-electron chi connectivity index (χ3n) is 4.06. The van der Waals surface area contributed by atoms with Crippen molar-refractivity contribution in [3.05, 3.63) is 72.4 Å². The van der Waals surface area contributed by atoms with E-state index in [1.807, 2.05) is 13.0 Å². The van der Waals surface area contributed by atoms with Gasteiger partial charge in [-0.25, -0.2) is 0 Å². The highest BCUT2D eigenvalue weighted by atomic mass is 16.5. The van der Waals surface area contributed by atoms with E-state index in [-0.39, 0.29) is 11.3 Å². The number of phenols is 1. The number of aromatic hydroxyl groups is 1. The van der Waals surface area contributed by atoms with Gasteiger partial charge < -0.3 is 20.5 Å².